The van der Waals surface area contributed by atoms with Crippen LogP contribution >= 0.6 is 0 Å². The van der Waals surface area contributed by atoms with Gasteiger partial charge in [0.15, 0.2) is 0 Å². The molecular weight excluding hydrogens is 264 g/mol. The van der Waals surface area contributed by atoms with Gasteiger partial charge >= 0.3 is 0 Å². The van der Waals surface area contributed by atoms with E-state index in [2.05, 4.69) is 40.8 Å². The predicted molar refractivity (Wildman–Crippen MR) is 83.3 cm³/mol. The molecule has 0 spiro atoms. The maximum atomic E-state index is 12.2. The fourth-order valence-electron chi connectivity index (χ4n) is 2.78. The third-order valence-electron chi connectivity index (χ3n) is 4.27. The summed E-state index contributed by atoms with van der Waals surface area (Å²) in [5.41, 5.74) is 4.64. The monoisotopic (exact) mass is 286 g/mol. The minimum atomic E-state index is 0.238. The summed E-state index contributed by atoms with van der Waals surface area (Å²) in [4.78, 5) is 18.6. The summed E-state index contributed by atoms with van der Waals surface area (Å²) in [5.74, 6) is 0.238. The molecule has 1 aromatic heterocycles. The predicted octanol–water partition coefficient (Wildman–Crippen LogP) is 1.48. The van der Waals surface area contributed by atoms with E-state index in [1.165, 1.54) is 11.1 Å². The van der Waals surface area contributed by atoms with Gasteiger partial charge in [-0.1, -0.05) is 0 Å². The number of hydrogen-bond donors (Lipinski definition) is 1. The molecule has 112 valence electrons. The SMILES string of the molecule is Cc1cc2ncn(CCC(=O)N3CCNCC3)c2cc1C. The minimum Gasteiger partial charge on any atom is -0.340 e. The molecule has 0 saturated carbocycles. The first-order valence-corrected chi connectivity index (χ1v) is 7.56. The maximum absolute atomic E-state index is 12.2. The molecule has 21 heavy (non-hydrogen) atoms. The largest absolute Gasteiger partial charge is 0.340 e. The van der Waals surface area contributed by atoms with Crippen LogP contribution in [-0.2, 0) is 11.3 Å². The molecule has 0 radical (unpaired) electrons. The minimum absolute atomic E-state index is 0.238. The highest BCUT2D eigenvalue weighted by atomic mass is 16.2. The molecule has 1 N–H and O–H groups in total. The van der Waals surface area contributed by atoms with Crippen molar-refractivity contribution in [2.24, 2.45) is 0 Å². The molecule has 5 nitrogen and oxygen atoms in total. The van der Waals surface area contributed by atoms with Crippen molar-refractivity contribution < 1.29 is 4.79 Å². The molecule has 0 unspecified atom stereocenters. The third-order valence-corrected chi connectivity index (χ3v) is 4.27. The molecule has 0 bridgehead atoms. The lowest BCUT2D eigenvalue weighted by Crippen LogP contribution is -2.46. The molecule has 1 aliphatic heterocycles. The molecule has 0 atom stereocenters. The van der Waals surface area contributed by atoms with Crippen molar-refractivity contribution in [1.82, 2.24) is 19.8 Å². The van der Waals surface area contributed by atoms with Gasteiger partial charge in [0, 0.05) is 39.1 Å². The zero-order valence-corrected chi connectivity index (χ0v) is 12.7. The lowest BCUT2D eigenvalue weighted by molar-refractivity contribution is -0.131. The van der Waals surface area contributed by atoms with E-state index in [1.54, 1.807) is 0 Å². The first-order chi connectivity index (χ1) is 10.1. The second kappa shape index (κ2) is 5.85. The van der Waals surface area contributed by atoms with Crippen molar-refractivity contribution in [2.75, 3.05) is 26.2 Å². The number of amides is 1. The molecule has 5 heteroatoms. The van der Waals surface area contributed by atoms with Crippen LogP contribution in [0.15, 0.2) is 18.5 Å². The molecule has 1 aromatic carbocycles. The van der Waals surface area contributed by atoms with Gasteiger partial charge in [-0.05, 0) is 37.1 Å². The van der Waals surface area contributed by atoms with Crippen molar-refractivity contribution in [3.63, 3.8) is 0 Å². The summed E-state index contributed by atoms with van der Waals surface area (Å²) < 4.78 is 2.09. The van der Waals surface area contributed by atoms with Crippen molar-refractivity contribution in [3.8, 4) is 0 Å². The van der Waals surface area contributed by atoms with E-state index < -0.39 is 0 Å². The average Bonchev–Trinajstić information content (AvgIpc) is 2.88. The molecule has 1 aliphatic rings. The molecule has 3 rings (SSSR count). The van der Waals surface area contributed by atoms with Gasteiger partial charge < -0.3 is 14.8 Å². The van der Waals surface area contributed by atoms with Crippen LogP contribution in [0.5, 0.6) is 0 Å². The van der Waals surface area contributed by atoms with Crippen LogP contribution in [0.3, 0.4) is 0 Å². The molecule has 1 saturated heterocycles. The number of nitrogens with zero attached hydrogens (tertiary/aromatic N) is 3. The summed E-state index contributed by atoms with van der Waals surface area (Å²) >= 11 is 0. The van der Waals surface area contributed by atoms with Crippen LogP contribution in [0.1, 0.15) is 17.5 Å². The van der Waals surface area contributed by atoms with Crippen LogP contribution in [0.25, 0.3) is 11.0 Å². The van der Waals surface area contributed by atoms with Crippen molar-refractivity contribution in [3.05, 3.63) is 29.6 Å². The molecule has 1 fully saturated rings. The van der Waals surface area contributed by atoms with Gasteiger partial charge in [-0.2, -0.15) is 0 Å². The lowest BCUT2D eigenvalue weighted by Gasteiger charge is -2.27. The second-order valence-electron chi connectivity index (χ2n) is 5.74. The summed E-state index contributed by atoms with van der Waals surface area (Å²) in [6.07, 6.45) is 2.38. The number of imidazole rings is 1. The first kappa shape index (κ1) is 14.1. The summed E-state index contributed by atoms with van der Waals surface area (Å²) in [6.45, 7) is 8.35. The van der Waals surface area contributed by atoms with Gasteiger partial charge in [0.2, 0.25) is 5.91 Å². The van der Waals surface area contributed by atoms with Crippen LogP contribution < -0.4 is 5.32 Å². The fourth-order valence-corrected chi connectivity index (χ4v) is 2.78. The number of carbonyl (C=O) groups is 1. The zero-order chi connectivity index (χ0) is 14.8. The smallest absolute Gasteiger partial charge is 0.224 e. The Bertz CT molecular complexity index is 656. The lowest BCUT2D eigenvalue weighted by atomic mass is 10.1. The van der Waals surface area contributed by atoms with E-state index in [0.29, 0.717) is 13.0 Å². The van der Waals surface area contributed by atoms with Crippen LogP contribution in [0.2, 0.25) is 0 Å². The first-order valence-electron chi connectivity index (χ1n) is 7.56. The van der Waals surface area contributed by atoms with Gasteiger partial charge in [-0.25, -0.2) is 4.98 Å². The Kier molecular flexibility index (Phi) is 3.92. The number of nitrogens with one attached hydrogen (secondary N) is 1. The van der Waals surface area contributed by atoms with Crippen molar-refractivity contribution >= 4 is 16.9 Å². The van der Waals surface area contributed by atoms with E-state index in [-0.39, 0.29) is 5.91 Å². The van der Waals surface area contributed by atoms with Crippen LogP contribution in [0, 0.1) is 13.8 Å². The highest BCUT2D eigenvalue weighted by Crippen LogP contribution is 2.18. The zero-order valence-electron chi connectivity index (χ0n) is 12.7. The van der Waals surface area contributed by atoms with E-state index in [0.717, 1.165) is 37.2 Å². The van der Waals surface area contributed by atoms with E-state index in [9.17, 15) is 4.79 Å². The molecular formula is C16H22N4O. The Hall–Kier alpha value is -1.88. The molecule has 2 aromatic rings. The van der Waals surface area contributed by atoms with Gasteiger partial charge in [0.25, 0.3) is 0 Å². The standard InChI is InChI=1S/C16H22N4O/c1-12-9-14-15(10-13(12)2)20(11-18-14)6-3-16(21)19-7-4-17-5-8-19/h9-11,17H,3-8H2,1-2H3. The number of benzene rings is 1. The summed E-state index contributed by atoms with van der Waals surface area (Å²) in [7, 11) is 0. The van der Waals surface area contributed by atoms with Crippen LogP contribution in [0.4, 0.5) is 0 Å². The molecule has 2 heterocycles. The van der Waals surface area contributed by atoms with Gasteiger partial charge in [0.1, 0.15) is 0 Å². The van der Waals surface area contributed by atoms with E-state index >= 15 is 0 Å². The third kappa shape index (κ3) is 2.93. The number of aromatic nitrogens is 2. The summed E-state index contributed by atoms with van der Waals surface area (Å²) in [6, 6.07) is 4.27. The van der Waals surface area contributed by atoms with Gasteiger partial charge in [-0.15, -0.1) is 0 Å². The second-order valence-corrected chi connectivity index (χ2v) is 5.74. The highest BCUT2D eigenvalue weighted by Gasteiger charge is 2.16. The normalized spacial score (nSPS) is 15.6. The highest BCUT2D eigenvalue weighted by molar-refractivity contribution is 5.78. The number of hydrogen-bond acceptors (Lipinski definition) is 3. The number of fused-ring (bicyclic) bond motifs is 1. The molecule has 0 aliphatic carbocycles. The Morgan fingerprint density at radius 3 is 2.71 bits per heavy atom. The van der Waals surface area contributed by atoms with E-state index in [4.69, 9.17) is 0 Å². The Morgan fingerprint density at radius 1 is 1.24 bits per heavy atom. The van der Waals surface area contributed by atoms with Crippen LogP contribution in [-0.4, -0.2) is 46.5 Å². The van der Waals surface area contributed by atoms with Gasteiger partial charge in [-0.3, -0.25) is 4.79 Å². The maximum Gasteiger partial charge on any atom is 0.224 e. The average molecular weight is 286 g/mol. The summed E-state index contributed by atoms with van der Waals surface area (Å²) in [5, 5.41) is 3.27. The number of aryl methyl sites for hydroxylation is 3. The number of piperazine rings is 1. The molecule has 1 amide bonds. The van der Waals surface area contributed by atoms with Crippen molar-refractivity contribution in [2.45, 2.75) is 26.8 Å². The Morgan fingerprint density at radius 2 is 1.95 bits per heavy atom. The fraction of sp³-hybridized carbons (Fsp3) is 0.500. The van der Waals surface area contributed by atoms with Gasteiger partial charge in [0.05, 0.1) is 17.4 Å². The van der Waals surface area contributed by atoms with Crippen molar-refractivity contribution in [1.29, 1.82) is 0 Å². The number of carbonyl (C=O) groups excluding carboxylic acids is 1. The Balaban J connectivity index is 1.70. The topological polar surface area (TPSA) is 50.2 Å². The quantitative estimate of drug-likeness (QED) is 0.929. The van der Waals surface area contributed by atoms with E-state index in [1.807, 2.05) is 11.2 Å². The Labute approximate surface area is 125 Å². The number of rotatable bonds is 3.